The first-order valence-electron chi connectivity index (χ1n) is 6.74. The molecule has 3 unspecified atom stereocenters. The van der Waals surface area contributed by atoms with Gasteiger partial charge in [-0.1, -0.05) is 30.3 Å². The Morgan fingerprint density at radius 2 is 1.95 bits per heavy atom. The first kappa shape index (κ1) is 12.2. The van der Waals surface area contributed by atoms with E-state index in [1.165, 1.54) is 0 Å². The van der Waals surface area contributed by atoms with Crippen molar-refractivity contribution in [2.75, 3.05) is 0 Å². The molecular weight excluding hydrogens is 242 g/mol. The average molecular weight is 259 g/mol. The Hall–Kier alpha value is -1.84. The molecule has 1 amide bonds. The maximum atomic E-state index is 12.4. The van der Waals surface area contributed by atoms with Crippen LogP contribution in [0.3, 0.4) is 0 Å². The smallest absolute Gasteiger partial charge is 0.308 e. The second kappa shape index (κ2) is 4.68. The van der Waals surface area contributed by atoms with Crippen molar-refractivity contribution in [3.8, 4) is 0 Å². The molecule has 0 aliphatic carbocycles. The van der Waals surface area contributed by atoms with Gasteiger partial charge < -0.3 is 10.0 Å². The van der Waals surface area contributed by atoms with Crippen LogP contribution >= 0.6 is 0 Å². The fourth-order valence-electron chi connectivity index (χ4n) is 3.50. The molecule has 2 heterocycles. The second-order valence-corrected chi connectivity index (χ2v) is 5.44. The Kier molecular flexibility index (Phi) is 3.01. The lowest BCUT2D eigenvalue weighted by molar-refractivity contribution is -0.143. The van der Waals surface area contributed by atoms with E-state index in [9.17, 15) is 14.7 Å². The van der Waals surface area contributed by atoms with Gasteiger partial charge in [-0.05, 0) is 24.8 Å². The van der Waals surface area contributed by atoms with Gasteiger partial charge in [0.2, 0.25) is 5.91 Å². The van der Waals surface area contributed by atoms with E-state index in [-0.39, 0.29) is 23.9 Å². The minimum atomic E-state index is -0.760. The standard InChI is InChI=1S/C15H17NO3/c17-14(8-10-4-2-1-3-5-10)16-11-6-7-13(16)12(9-11)15(18)19/h1-5,11-13H,6-9H2,(H,18,19). The van der Waals surface area contributed by atoms with Gasteiger partial charge in [-0.25, -0.2) is 0 Å². The molecule has 0 radical (unpaired) electrons. The van der Waals surface area contributed by atoms with Gasteiger partial charge in [0.15, 0.2) is 0 Å². The van der Waals surface area contributed by atoms with Gasteiger partial charge >= 0.3 is 5.97 Å². The van der Waals surface area contributed by atoms with Gasteiger partial charge in [0.25, 0.3) is 0 Å². The predicted octanol–water partition coefficient (Wildman–Crippen LogP) is 1.69. The molecule has 3 atom stereocenters. The van der Waals surface area contributed by atoms with Crippen LogP contribution in [0.1, 0.15) is 24.8 Å². The van der Waals surface area contributed by atoms with Crippen LogP contribution < -0.4 is 0 Å². The highest BCUT2D eigenvalue weighted by atomic mass is 16.4. The van der Waals surface area contributed by atoms with E-state index in [0.717, 1.165) is 18.4 Å². The molecule has 100 valence electrons. The number of carboxylic acids is 1. The third-order valence-corrected chi connectivity index (χ3v) is 4.34. The number of carbonyl (C=O) groups excluding carboxylic acids is 1. The number of nitrogens with zero attached hydrogens (tertiary/aromatic N) is 1. The molecule has 1 N–H and O–H groups in total. The number of aliphatic carboxylic acids is 1. The summed E-state index contributed by atoms with van der Waals surface area (Å²) in [6.45, 7) is 0. The summed E-state index contributed by atoms with van der Waals surface area (Å²) in [7, 11) is 0. The highest BCUT2D eigenvalue weighted by Crippen LogP contribution is 2.42. The lowest BCUT2D eigenvalue weighted by Crippen LogP contribution is -2.38. The Morgan fingerprint density at radius 1 is 1.21 bits per heavy atom. The van der Waals surface area contributed by atoms with E-state index in [0.29, 0.717) is 12.8 Å². The van der Waals surface area contributed by atoms with Crippen molar-refractivity contribution in [3.63, 3.8) is 0 Å². The second-order valence-electron chi connectivity index (χ2n) is 5.44. The van der Waals surface area contributed by atoms with E-state index >= 15 is 0 Å². The molecule has 0 spiro atoms. The molecule has 2 saturated heterocycles. The van der Waals surface area contributed by atoms with Gasteiger partial charge in [-0.3, -0.25) is 9.59 Å². The monoisotopic (exact) mass is 259 g/mol. The number of carboxylic acid groups (broad SMARTS) is 1. The molecule has 19 heavy (non-hydrogen) atoms. The summed E-state index contributed by atoms with van der Waals surface area (Å²) in [5, 5.41) is 9.19. The number of fused-ring (bicyclic) bond motifs is 2. The van der Waals surface area contributed by atoms with Crippen molar-refractivity contribution in [3.05, 3.63) is 35.9 Å². The van der Waals surface area contributed by atoms with Crippen LogP contribution in [-0.4, -0.2) is 34.0 Å². The van der Waals surface area contributed by atoms with E-state index in [1.807, 2.05) is 35.2 Å². The van der Waals surface area contributed by atoms with Crippen LogP contribution in [0.4, 0.5) is 0 Å². The van der Waals surface area contributed by atoms with E-state index in [2.05, 4.69) is 0 Å². The van der Waals surface area contributed by atoms with E-state index in [1.54, 1.807) is 0 Å². The summed E-state index contributed by atoms with van der Waals surface area (Å²) in [5.74, 6) is -1.05. The van der Waals surface area contributed by atoms with Crippen LogP contribution in [0.25, 0.3) is 0 Å². The van der Waals surface area contributed by atoms with Gasteiger partial charge in [0.1, 0.15) is 0 Å². The predicted molar refractivity (Wildman–Crippen MR) is 69.5 cm³/mol. The third kappa shape index (κ3) is 2.11. The molecule has 1 aromatic rings. The van der Waals surface area contributed by atoms with Gasteiger partial charge in [0.05, 0.1) is 12.3 Å². The minimum Gasteiger partial charge on any atom is -0.481 e. The van der Waals surface area contributed by atoms with Gasteiger partial charge in [0, 0.05) is 12.1 Å². The number of hydrogen-bond acceptors (Lipinski definition) is 2. The molecule has 2 aliphatic rings. The van der Waals surface area contributed by atoms with Crippen molar-refractivity contribution < 1.29 is 14.7 Å². The molecule has 2 bridgehead atoms. The third-order valence-electron chi connectivity index (χ3n) is 4.34. The number of benzene rings is 1. The first-order valence-corrected chi connectivity index (χ1v) is 6.74. The first-order chi connectivity index (χ1) is 9.16. The number of carbonyl (C=O) groups is 2. The molecule has 4 nitrogen and oxygen atoms in total. The fourth-order valence-corrected chi connectivity index (χ4v) is 3.50. The summed E-state index contributed by atoms with van der Waals surface area (Å²) in [6, 6.07) is 9.69. The van der Waals surface area contributed by atoms with Crippen LogP contribution in [0.15, 0.2) is 30.3 Å². The van der Waals surface area contributed by atoms with Crippen molar-refractivity contribution in [1.29, 1.82) is 0 Å². The normalized spacial score (nSPS) is 28.6. The number of amides is 1. The quantitative estimate of drug-likeness (QED) is 0.898. The summed E-state index contributed by atoms with van der Waals surface area (Å²) in [4.78, 5) is 25.4. The highest BCUT2D eigenvalue weighted by Gasteiger charge is 2.50. The summed E-state index contributed by atoms with van der Waals surface area (Å²) >= 11 is 0. The van der Waals surface area contributed by atoms with Gasteiger partial charge in [-0.15, -0.1) is 0 Å². The zero-order valence-corrected chi connectivity index (χ0v) is 10.7. The molecule has 1 aromatic carbocycles. The maximum absolute atomic E-state index is 12.4. The maximum Gasteiger partial charge on any atom is 0.308 e. The molecule has 3 rings (SSSR count). The number of rotatable bonds is 3. The lowest BCUT2D eigenvalue weighted by Gasteiger charge is -2.23. The minimum absolute atomic E-state index is 0.0717. The zero-order chi connectivity index (χ0) is 13.4. The van der Waals surface area contributed by atoms with Crippen molar-refractivity contribution in [2.45, 2.75) is 37.8 Å². The Labute approximate surface area is 112 Å². The van der Waals surface area contributed by atoms with Crippen LogP contribution in [0.5, 0.6) is 0 Å². The largest absolute Gasteiger partial charge is 0.481 e. The molecule has 2 fully saturated rings. The van der Waals surface area contributed by atoms with E-state index < -0.39 is 5.97 Å². The van der Waals surface area contributed by atoms with Crippen molar-refractivity contribution >= 4 is 11.9 Å². The Morgan fingerprint density at radius 3 is 2.58 bits per heavy atom. The topological polar surface area (TPSA) is 57.6 Å². The van der Waals surface area contributed by atoms with Crippen molar-refractivity contribution in [1.82, 2.24) is 4.90 Å². The van der Waals surface area contributed by atoms with Crippen LogP contribution in [-0.2, 0) is 16.0 Å². The molecule has 4 heteroatoms. The summed E-state index contributed by atoms with van der Waals surface area (Å²) < 4.78 is 0. The van der Waals surface area contributed by atoms with Crippen LogP contribution in [0.2, 0.25) is 0 Å². The van der Waals surface area contributed by atoms with Gasteiger partial charge in [-0.2, -0.15) is 0 Å². The fraction of sp³-hybridized carbons (Fsp3) is 0.467. The summed E-state index contributed by atoms with van der Waals surface area (Å²) in [5.41, 5.74) is 0.991. The zero-order valence-electron chi connectivity index (χ0n) is 10.7. The molecule has 2 aliphatic heterocycles. The average Bonchev–Trinajstić information content (AvgIpc) is 2.97. The van der Waals surface area contributed by atoms with Crippen molar-refractivity contribution in [2.24, 2.45) is 5.92 Å². The molecule has 0 aromatic heterocycles. The summed E-state index contributed by atoms with van der Waals surface area (Å²) in [6.07, 6.45) is 2.79. The number of hydrogen-bond donors (Lipinski definition) is 1. The highest BCUT2D eigenvalue weighted by molar-refractivity contribution is 5.82. The lowest BCUT2D eigenvalue weighted by atomic mass is 9.89. The SMILES string of the molecule is O=C(O)C1CC2CCC1N2C(=O)Cc1ccccc1. The Balaban J connectivity index is 1.73. The Bertz CT molecular complexity index is 499. The molecule has 0 saturated carbocycles. The van der Waals surface area contributed by atoms with Crippen LogP contribution in [0, 0.1) is 5.92 Å². The molecular formula is C15H17NO3. The van der Waals surface area contributed by atoms with E-state index in [4.69, 9.17) is 0 Å².